The summed E-state index contributed by atoms with van der Waals surface area (Å²) in [5.41, 5.74) is 24.8. The van der Waals surface area contributed by atoms with Gasteiger partial charge in [0.25, 0.3) is 0 Å². The molecule has 0 bridgehead atoms. The lowest BCUT2D eigenvalue weighted by molar-refractivity contribution is 0.627. The maximum Gasteiger partial charge on any atom is 0.123 e. The van der Waals surface area contributed by atoms with Crippen LogP contribution in [-0.4, -0.2) is 18.3 Å². The molecule has 4 heterocycles. The standard InChI is InChI=1S/C94H62F2N6/c95-71-35-39-75(40-36-71)97(81-51-53-89-85(61-81)83-31-13-15-33-87(83)99(89)73-27-9-3-10-28-73)77-43-47-79(48-44-77)101-91(67-25-17-23-65(55-67)63-19-5-1-6-20-63)57-69-59-94-70(60-93(69)101)58-92(68-26-18-24-66(56-68)64-21-7-2-8-22-64)102(94)80-49-45-78(46-50-80)98(76-41-37-72(96)38-42-76)82-52-54-90-86(62-82)84-32-14-16-34-88(84)100(90)74-29-11-4-12-30-74/h1-62H. The molecule has 0 saturated heterocycles. The average Bonchev–Trinajstić information content (AvgIpc) is 1.59. The number of hydrogen-bond acceptors (Lipinski definition) is 2. The van der Waals surface area contributed by atoms with Crippen LogP contribution in [-0.2, 0) is 0 Å². The van der Waals surface area contributed by atoms with Crippen LogP contribution in [0.3, 0.4) is 0 Å². The van der Waals surface area contributed by atoms with Crippen LogP contribution in [0.25, 0.3) is 133 Å². The number of rotatable bonds is 14. The molecular weight excluding hydrogens is 1250 g/mol. The number of hydrogen-bond donors (Lipinski definition) is 0. The fourth-order valence-electron chi connectivity index (χ4n) is 15.4. The quantitative estimate of drug-likeness (QED) is 0.108. The number of nitrogens with zero attached hydrogens (tertiary/aromatic N) is 6. The van der Waals surface area contributed by atoms with Gasteiger partial charge in [0.15, 0.2) is 0 Å². The summed E-state index contributed by atoms with van der Waals surface area (Å²) in [6, 6.07) is 131. The predicted molar refractivity (Wildman–Crippen MR) is 420 cm³/mol. The van der Waals surface area contributed by atoms with E-state index in [4.69, 9.17) is 0 Å². The Morgan fingerprint density at radius 2 is 0.490 bits per heavy atom. The molecule has 0 saturated carbocycles. The van der Waals surface area contributed by atoms with Crippen molar-refractivity contribution in [1.29, 1.82) is 0 Å². The van der Waals surface area contributed by atoms with E-state index in [0.717, 1.165) is 167 Å². The molecule has 4 aromatic heterocycles. The molecule has 19 aromatic rings. The van der Waals surface area contributed by atoms with Crippen LogP contribution in [0.4, 0.5) is 42.9 Å². The number of benzene rings is 15. The van der Waals surface area contributed by atoms with Crippen molar-refractivity contribution in [2.75, 3.05) is 9.80 Å². The van der Waals surface area contributed by atoms with E-state index in [1.807, 2.05) is 36.4 Å². The molecule has 0 amide bonds. The van der Waals surface area contributed by atoms with Crippen LogP contribution in [0, 0.1) is 11.6 Å². The van der Waals surface area contributed by atoms with E-state index in [2.05, 4.69) is 344 Å². The van der Waals surface area contributed by atoms with E-state index >= 15 is 0 Å². The number of fused-ring (bicyclic) bond motifs is 8. The first-order valence-electron chi connectivity index (χ1n) is 34.4. The first kappa shape index (κ1) is 59.7. The third-order valence-corrected chi connectivity index (χ3v) is 20.0. The lowest BCUT2D eigenvalue weighted by Gasteiger charge is -2.26. The van der Waals surface area contributed by atoms with Gasteiger partial charge in [-0.2, -0.15) is 0 Å². The Hall–Kier alpha value is -13.6. The van der Waals surface area contributed by atoms with Crippen molar-refractivity contribution in [3.63, 3.8) is 0 Å². The topological polar surface area (TPSA) is 26.2 Å². The molecule has 8 heteroatoms. The fourth-order valence-corrected chi connectivity index (χ4v) is 15.4. The second kappa shape index (κ2) is 24.8. The zero-order valence-corrected chi connectivity index (χ0v) is 55.2. The van der Waals surface area contributed by atoms with E-state index in [9.17, 15) is 8.78 Å². The fraction of sp³-hybridized carbons (Fsp3) is 0. The Morgan fingerprint density at radius 3 is 0.882 bits per heavy atom. The molecule has 0 aliphatic heterocycles. The Morgan fingerprint density at radius 1 is 0.186 bits per heavy atom. The molecular formula is C94H62F2N6. The van der Waals surface area contributed by atoms with Gasteiger partial charge in [-0.25, -0.2) is 8.78 Å². The first-order valence-corrected chi connectivity index (χ1v) is 34.4. The second-order valence-electron chi connectivity index (χ2n) is 26.0. The van der Waals surface area contributed by atoms with Crippen LogP contribution >= 0.6 is 0 Å². The Kier molecular flexibility index (Phi) is 14.5. The molecule has 0 spiro atoms. The molecule has 0 aliphatic rings. The van der Waals surface area contributed by atoms with Gasteiger partial charge in [-0.05, 0) is 240 Å². The highest BCUT2D eigenvalue weighted by Crippen LogP contribution is 2.46. The lowest BCUT2D eigenvalue weighted by atomic mass is 10.0. The molecule has 0 unspecified atom stereocenters. The molecule has 19 rings (SSSR count). The van der Waals surface area contributed by atoms with Gasteiger partial charge in [0.2, 0.25) is 0 Å². The van der Waals surface area contributed by atoms with Crippen molar-refractivity contribution in [1.82, 2.24) is 18.3 Å². The van der Waals surface area contributed by atoms with Crippen molar-refractivity contribution in [3.05, 3.63) is 388 Å². The van der Waals surface area contributed by atoms with Crippen LogP contribution in [0.15, 0.2) is 376 Å². The van der Waals surface area contributed by atoms with Crippen molar-refractivity contribution in [3.8, 4) is 67.5 Å². The summed E-state index contributed by atoms with van der Waals surface area (Å²) in [6.45, 7) is 0. The molecule has 0 fully saturated rings. The Labute approximate surface area is 588 Å². The minimum atomic E-state index is -0.297. The van der Waals surface area contributed by atoms with Gasteiger partial charge in [-0.15, -0.1) is 0 Å². The monoisotopic (exact) mass is 1310 g/mol. The summed E-state index contributed by atoms with van der Waals surface area (Å²) in [4.78, 5) is 4.43. The van der Waals surface area contributed by atoms with Gasteiger partial charge >= 0.3 is 0 Å². The maximum atomic E-state index is 14.9. The molecule has 102 heavy (non-hydrogen) atoms. The SMILES string of the molecule is Fc1ccc(N(c2ccc(-n3c(-c4cccc(-c5ccccc5)c4)cc4cc5c(cc(-c6cccc(-c7ccccc7)c6)n5-c5ccc(N(c6ccc(F)cc6)c6ccc7c(c6)c6ccccc6n7-c6ccccc6)cc5)cc43)cc2)c2ccc3c(c2)c2ccccc2n3-c2ccccc2)cc1. The van der Waals surface area contributed by atoms with Crippen molar-refractivity contribution >= 4 is 99.5 Å². The zero-order chi connectivity index (χ0) is 67.8. The van der Waals surface area contributed by atoms with E-state index in [1.54, 1.807) is 0 Å². The number of para-hydroxylation sites is 4. The van der Waals surface area contributed by atoms with Crippen molar-refractivity contribution in [2.24, 2.45) is 0 Å². The molecule has 0 radical (unpaired) electrons. The molecule has 482 valence electrons. The van der Waals surface area contributed by atoms with Gasteiger partial charge in [-0.3, -0.25) is 0 Å². The van der Waals surface area contributed by atoms with Crippen LogP contribution in [0.1, 0.15) is 0 Å². The highest BCUT2D eigenvalue weighted by atomic mass is 19.1. The number of anilines is 6. The minimum absolute atomic E-state index is 0.297. The lowest BCUT2D eigenvalue weighted by Crippen LogP contribution is -2.10. The van der Waals surface area contributed by atoms with Gasteiger partial charge < -0.3 is 28.1 Å². The van der Waals surface area contributed by atoms with Gasteiger partial charge in [0.1, 0.15) is 11.6 Å². The minimum Gasteiger partial charge on any atom is -0.310 e. The third-order valence-electron chi connectivity index (χ3n) is 20.0. The second-order valence-corrected chi connectivity index (χ2v) is 26.0. The average molecular weight is 1310 g/mol. The highest BCUT2D eigenvalue weighted by molar-refractivity contribution is 6.12. The Balaban J connectivity index is 0.776. The normalized spacial score (nSPS) is 11.6. The molecule has 0 atom stereocenters. The van der Waals surface area contributed by atoms with E-state index in [0.29, 0.717) is 0 Å². The van der Waals surface area contributed by atoms with Crippen LogP contribution < -0.4 is 9.80 Å². The summed E-state index contributed by atoms with van der Waals surface area (Å²) < 4.78 is 39.3. The first-order chi connectivity index (χ1) is 50.4. The van der Waals surface area contributed by atoms with E-state index in [-0.39, 0.29) is 11.6 Å². The Bertz CT molecular complexity index is 5970. The van der Waals surface area contributed by atoms with Gasteiger partial charge in [-0.1, -0.05) is 170 Å². The van der Waals surface area contributed by atoms with Crippen LogP contribution in [0.5, 0.6) is 0 Å². The number of aromatic nitrogens is 4. The third kappa shape index (κ3) is 10.4. The van der Waals surface area contributed by atoms with Crippen molar-refractivity contribution in [2.45, 2.75) is 0 Å². The van der Waals surface area contributed by atoms with Gasteiger partial charge in [0, 0.05) is 89.2 Å². The molecule has 6 nitrogen and oxygen atoms in total. The summed E-state index contributed by atoms with van der Waals surface area (Å²) in [7, 11) is 0. The van der Waals surface area contributed by atoms with Crippen LogP contribution in [0.2, 0.25) is 0 Å². The summed E-state index contributed by atoms with van der Waals surface area (Å²) in [6.07, 6.45) is 0. The number of halogens is 2. The maximum absolute atomic E-state index is 14.9. The highest BCUT2D eigenvalue weighted by Gasteiger charge is 2.24. The van der Waals surface area contributed by atoms with Gasteiger partial charge in [0.05, 0.1) is 44.5 Å². The smallest absolute Gasteiger partial charge is 0.123 e. The summed E-state index contributed by atoms with van der Waals surface area (Å²) in [5.74, 6) is -0.595. The van der Waals surface area contributed by atoms with E-state index < -0.39 is 0 Å². The van der Waals surface area contributed by atoms with Crippen molar-refractivity contribution < 1.29 is 8.78 Å². The molecule has 0 N–H and O–H groups in total. The molecule has 15 aromatic carbocycles. The largest absolute Gasteiger partial charge is 0.310 e. The predicted octanol–water partition coefficient (Wildman–Crippen LogP) is 25.7. The summed E-state index contributed by atoms with van der Waals surface area (Å²) >= 11 is 0. The van der Waals surface area contributed by atoms with E-state index in [1.165, 1.54) is 24.3 Å². The zero-order valence-electron chi connectivity index (χ0n) is 55.2. The summed E-state index contributed by atoms with van der Waals surface area (Å²) in [5, 5.41) is 6.65. The molecule has 0 aliphatic carbocycles.